The van der Waals surface area contributed by atoms with E-state index < -0.39 is 4.92 Å². The van der Waals surface area contributed by atoms with Crippen molar-refractivity contribution in [1.82, 2.24) is 0 Å². The standard InChI is InChI=1S/C21H17NO5/c1-14-3-6-16(22(24)25)13-19(14)21-12-10-18(27-21)9-11-20(23)15-4-7-17(26-2)8-5-15/h3-13H,1-2H3/b11-9+. The number of carbonyl (C=O) groups is 1. The van der Waals surface area contributed by atoms with Gasteiger partial charge in [-0.3, -0.25) is 14.9 Å². The molecule has 0 fully saturated rings. The van der Waals surface area contributed by atoms with Gasteiger partial charge >= 0.3 is 0 Å². The summed E-state index contributed by atoms with van der Waals surface area (Å²) in [7, 11) is 1.56. The van der Waals surface area contributed by atoms with E-state index in [1.807, 2.05) is 6.92 Å². The fourth-order valence-corrected chi connectivity index (χ4v) is 2.59. The first-order valence-electron chi connectivity index (χ1n) is 8.19. The van der Waals surface area contributed by atoms with Crippen LogP contribution in [0.4, 0.5) is 5.69 Å². The Morgan fingerprint density at radius 1 is 1.11 bits per heavy atom. The molecule has 0 unspecified atom stereocenters. The number of rotatable bonds is 6. The van der Waals surface area contributed by atoms with Crippen LogP contribution in [-0.2, 0) is 0 Å². The maximum absolute atomic E-state index is 12.2. The zero-order valence-electron chi connectivity index (χ0n) is 14.8. The number of methoxy groups -OCH3 is 1. The molecule has 0 N–H and O–H groups in total. The van der Waals surface area contributed by atoms with Crippen LogP contribution in [0, 0.1) is 17.0 Å². The quantitative estimate of drug-likeness (QED) is 0.264. The Labute approximate surface area is 155 Å². The molecule has 2 aromatic carbocycles. The summed E-state index contributed by atoms with van der Waals surface area (Å²) in [6.45, 7) is 1.85. The molecule has 0 atom stereocenters. The number of furan rings is 1. The van der Waals surface area contributed by atoms with Crippen molar-refractivity contribution in [2.24, 2.45) is 0 Å². The maximum Gasteiger partial charge on any atom is 0.270 e. The molecule has 6 nitrogen and oxygen atoms in total. The van der Waals surface area contributed by atoms with Gasteiger partial charge in [0.15, 0.2) is 5.78 Å². The highest BCUT2D eigenvalue weighted by atomic mass is 16.6. The molecular weight excluding hydrogens is 346 g/mol. The van der Waals surface area contributed by atoms with Crippen molar-refractivity contribution in [2.45, 2.75) is 6.92 Å². The predicted octanol–water partition coefficient (Wildman–Crippen LogP) is 5.07. The highest BCUT2D eigenvalue weighted by Crippen LogP contribution is 2.29. The minimum absolute atomic E-state index is 0.00113. The maximum atomic E-state index is 12.2. The molecule has 136 valence electrons. The number of non-ortho nitro benzene ring substituents is 1. The zero-order chi connectivity index (χ0) is 19.4. The molecule has 0 aliphatic carbocycles. The number of ether oxygens (including phenoxy) is 1. The van der Waals surface area contributed by atoms with Crippen LogP contribution in [-0.4, -0.2) is 17.8 Å². The van der Waals surface area contributed by atoms with Crippen molar-refractivity contribution in [1.29, 1.82) is 0 Å². The van der Waals surface area contributed by atoms with Crippen LogP contribution in [0.1, 0.15) is 21.7 Å². The van der Waals surface area contributed by atoms with Crippen molar-refractivity contribution in [3.63, 3.8) is 0 Å². The van der Waals surface area contributed by atoms with Crippen LogP contribution in [0.3, 0.4) is 0 Å². The Balaban J connectivity index is 1.79. The molecule has 0 saturated carbocycles. The number of nitrogens with zero attached hydrogens (tertiary/aromatic N) is 1. The molecule has 0 amide bonds. The lowest BCUT2D eigenvalue weighted by atomic mass is 10.1. The van der Waals surface area contributed by atoms with E-state index in [0.29, 0.717) is 28.4 Å². The zero-order valence-corrected chi connectivity index (χ0v) is 14.8. The number of benzene rings is 2. The van der Waals surface area contributed by atoms with Crippen molar-refractivity contribution in [3.8, 4) is 17.1 Å². The lowest BCUT2D eigenvalue weighted by molar-refractivity contribution is -0.384. The monoisotopic (exact) mass is 363 g/mol. The van der Waals surface area contributed by atoms with Crippen LogP contribution < -0.4 is 4.74 Å². The molecule has 0 radical (unpaired) electrons. The number of ketones is 1. The number of hydrogen-bond donors (Lipinski definition) is 0. The summed E-state index contributed by atoms with van der Waals surface area (Å²) in [6.07, 6.45) is 2.99. The smallest absolute Gasteiger partial charge is 0.270 e. The van der Waals surface area contributed by atoms with Crippen molar-refractivity contribution >= 4 is 17.5 Å². The average molecular weight is 363 g/mol. The highest BCUT2D eigenvalue weighted by Gasteiger charge is 2.13. The minimum Gasteiger partial charge on any atom is -0.497 e. The molecule has 0 aliphatic rings. The Kier molecular flexibility index (Phi) is 5.17. The number of carbonyl (C=O) groups excluding carboxylic acids is 1. The van der Waals surface area contributed by atoms with E-state index in [1.165, 1.54) is 18.2 Å². The van der Waals surface area contributed by atoms with Gasteiger partial charge in [-0.1, -0.05) is 6.07 Å². The van der Waals surface area contributed by atoms with Crippen molar-refractivity contribution in [3.05, 3.63) is 87.7 Å². The molecule has 0 saturated heterocycles. The number of aryl methyl sites for hydroxylation is 1. The summed E-state index contributed by atoms with van der Waals surface area (Å²) in [5, 5.41) is 11.0. The SMILES string of the molecule is COc1ccc(C(=O)/C=C/c2ccc(-c3cc([N+](=O)[O-])ccc3C)o2)cc1. The fraction of sp³-hybridized carbons (Fsp3) is 0.0952. The third-order valence-electron chi connectivity index (χ3n) is 4.10. The number of nitro benzene ring substituents is 1. The molecule has 1 aromatic heterocycles. The Hall–Kier alpha value is -3.67. The summed E-state index contributed by atoms with van der Waals surface area (Å²) < 4.78 is 10.8. The van der Waals surface area contributed by atoms with Gasteiger partial charge in [0.1, 0.15) is 17.3 Å². The first kappa shape index (κ1) is 18.1. The predicted molar refractivity (Wildman–Crippen MR) is 102 cm³/mol. The first-order valence-corrected chi connectivity index (χ1v) is 8.19. The summed E-state index contributed by atoms with van der Waals surface area (Å²) in [4.78, 5) is 22.8. The number of allylic oxidation sites excluding steroid dienone is 1. The topological polar surface area (TPSA) is 82.6 Å². The van der Waals surface area contributed by atoms with Crippen LogP contribution in [0.15, 0.2) is 65.1 Å². The van der Waals surface area contributed by atoms with Gasteiger partial charge in [0.2, 0.25) is 0 Å². The van der Waals surface area contributed by atoms with Gasteiger partial charge in [0.25, 0.3) is 5.69 Å². The van der Waals surface area contributed by atoms with E-state index >= 15 is 0 Å². The van der Waals surface area contributed by atoms with E-state index in [0.717, 1.165) is 5.56 Å². The third-order valence-corrected chi connectivity index (χ3v) is 4.10. The third kappa shape index (κ3) is 4.12. The molecule has 0 bridgehead atoms. The van der Waals surface area contributed by atoms with Gasteiger partial charge in [-0.05, 0) is 61.0 Å². The second-order valence-electron chi connectivity index (χ2n) is 5.88. The van der Waals surface area contributed by atoms with Gasteiger partial charge in [-0.2, -0.15) is 0 Å². The van der Waals surface area contributed by atoms with Gasteiger partial charge in [-0.15, -0.1) is 0 Å². The lowest BCUT2D eigenvalue weighted by Crippen LogP contribution is -1.93. The number of hydrogen-bond acceptors (Lipinski definition) is 5. The molecular formula is C21H17NO5. The van der Waals surface area contributed by atoms with E-state index in [-0.39, 0.29) is 11.5 Å². The van der Waals surface area contributed by atoms with E-state index in [4.69, 9.17) is 9.15 Å². The molecule has 3 aromatic rings. The summed E-state index contributed by atoms with van der Waals surface area (Å²) >= 11 is 0. The molecule has 0 spiro atoms. The second kappa shape index (κ2) is 7.70. The van der Waals surface area contributed by atoms with Crippen LogP contribution in [0.25, 0.3) is 17.4 Å². The molecule has 6 heteroatoms. The summed E-state index contributed by atoms with van der Waals surface area (Å²) in [5.74, 6) is 1.51. The Morgan fingerprint density at radius 3 is 2.52 bits per heavy atom. The lowest BCUT2D eigenvalue weighted by Gasteiger charge is -2.02. The van der Waals surface area contributed by atoms with Gasteiger partial charge in [0.05, 0.1) is 12.0 Å². The Morgan fingerprint density at radius 2 is 1.85 bits per heavy atom. The van der Waals surface area contributed by atoms with Crippen LogP contribution >= 0.6 is 0 Å². The molecule has 0 aliphatic heterocycles. The summed E-state index contributed by atoms with van der Waals surface area (Å²) in [5.41, 5.74) is 2.04. The van der Waals surface area contributed by atoms with Gasteiger partial charge < -0.3 is 9.15 Å². The van der Waals surface area contributed by atoms with Gasteiger partial charge in [-0.25, -0.2) is 0 Å². The van der Waals surface area contributed by atoms with Crippen molar-refractivity contribution in [2.75, 3.05) is 7.11 Å². The second-order valence-corrected chi connectivity index (χ2v) is 5.88. The molecule has 27 heavy (non-hydrogen) atoms. The van der Waals surface area contributed by atoms with Crippen molar-refractivity contribution < 1.29 is 18.9 Å². The van der Waals surface area contributed by atoms with E-state index in [9.17, 15) is 14.9 Å². The van der Waals surface area contributed by atoms with Crippen LogP contribution in [0.2, 0.25) is 0 Å². The minimum atomic E-state index is -0.444. The van der Waals surface area contributed by atoms with Gasteiger partial charge in [0, 0.05) is 23.3 Å². The van der Waals surface area contributed by atoms with E-state index in [2.05, 4.69) is 0 Å². The normalized spacial score (nSPS) is 10.9. The van der Waals surface area contributed by atoms with E-state index in [1.54, 1.807) is 55.7 Å². The first-order chi connectivity index (χ1) is 13.0. The fourth-order valence-electron chi connectivity index (χ4n) is 2.59. The largest absolute Gasteiger partial charge is 0.497 e. The molecule has 1 heterocycles. The summed E-state index contributed by atoms with van der Waals surface area (Å²) in [6, 6.07) is 14.9. The molecule has 3 rings (SSSR count). The average Bonchev–Trinajstić information content (AvgIpc) is 3.15. The van der Waals surface area contributed by atoms with Crippen LogP contribution in [0.5, 0.6) is 5.75 Å². The Bertz CT molecular complexity index is 1020. The highest BCUT2D eigenvalue weighted by molar-refractivity contribution is 6.06. The number of nitro groups is 1.